The first-order valence-corrected chi connectivity index (χ1v) is 19.0. The number of benzene rings is 3. The molecule has 1 fully saturated rings. The highest BCUT2D eigenvalue weighted by molar-refractivity contribution is 6.01. The summed E-state index contributed by atoms with van der Waals surface area (Å²) in [4.78, 5) is 29.4. The van der Waals surface area contributed by atoms with E-state index in [0.29, 0.717) is 44.6 Å². The molecule has 0 saturated carbocycles. The average molecular weight is 741 g/mol. The molecule has 0 N–H and O–H groups in total. The number of nitrogens with zero attached hydrogens (tertiary/aromatic N) is 8. The lowest BCUT2D eigenvalue weighted by molar-refractivity contribution is 0.0198. The number of hydrogen-bond donors (Lipinski definition) is 0. The van der Waals surface area contributed by atoms with Crippen LogP contribution in [0.2, 0.25) is 0 Å². The van der Waals surface area contributed by atoms with Crippen LogP contribution in [0.25, 0.3) is 22.2 Å². The maximum Gasteiger partial charge on any atom is 0.410 e. The Morgan fingerprint density at radius 2 is 1.42 bits per heavy atom. The van der Waals surface area contributed by atoms with Gasteiger partial charge in [-0.25, -0.2) is 9.78 Å². The monoisotopic (exact) mass is 740 g/mol. The van der Waals surface area contributed by atoms with Crippen molar-refractivity contribution in [1.29, 1.82) is 0 Å². The van der Waals surface area contributed by atoms with Crippen LogP contribution in [0.3, 0.4) is 0 Å². The lowest BCUT2D eigenvalue weighted by Crippen LogP contribution is -2.47. The van der Waals surface area contributed by atoms with Crippen LogP contribution in [0.4, 0.5) is 16.3 Å². The fraction of sp³-hybridized carbons (Fsp3) is 0.349. The molecule has 284 valence electrons. The van der Waals surface area contributed by atoms with Gasteiger partial charge in [0.05, 0.1) is 29.0 Å². The molecule has 55 heavy (non-hydrogen) atoms. The molecular weight excluding hydrogens is 693 g/mol. The van der Waals surface area contributed by atoms with Crippen molar-refractivity contribution < 1.29 is 19.0 Å². The van der Waals surface area contributed by atoms with Crippen LogP contribution in [0.15, 0.2) is 91.0 Å². The number of aryl methyl sites for hydroxylation is 2. The quantitative estimate of drug-likeness (QED) is 0.150. The van der Waals surface area contributed by atoms with Gasteiger partial charge in [0.2, 0.25) is 11.8 Å². The summed E-state index contributed by atoms with van der Waals surface area (Å²) in [7, 11) is 2.00. The maximum absolute atomic E-state index is 13.0. The van der Waals surface area contributed by atoms with E-state index in [2.05, 4.69) is 32.6 Å². The van der Waals surface area contributed by atoms with E-state index in [4.69, 9.17) is 29.3 Å². The molecule has 0 unspecified atom stereocenters. The van der Waals surface area contributed by atoms with Gasteiger partial charge in [0.25, 0.3) is 0 Å². The third-order valence-corrected chi connectivity index (χ3v) is 10.1. The molecule has 6 aromatic rings. The van der Waals surface area contributed by atoms with E-state index in [-0.39, 0.29) is 6.09 Å². The standard InChI is InChI=1S/C43H48N8O4/c1-30-44-40(36-27-50(25-26-51(30)36)42(52)55-43(2,3)4)49-23-21-48(22-24-49)35-18-12-17-33-38(46-47(5)39(33)35)34-19-20-37(53-28-31-13-8-6-9-14-31)45-41(34)54-29-32-15-10-7-11-16-32/h6-20H,21-29H2,1-5H3. The number of imidazole rings is 1. The van der Waals surface area contributed by atoms with Crippen molar-refractivity contribution in [3.05, 3.63) is 114 Å². The van der Waals surface area contributed by atoms with E-state index in [1.54, 1.807) is 4.90 Å². The van der Waals surface area contributed by atoms with Gasteiger partial charge in [-0.3, -0.25) is 4.68 Å². The highest BCUT2D eigenvalue weighted by Gasteiger charge is 2.32. The number of rotatable bonds is 9. The Hall–Kier alpha value is -6.04. The first-order valence-electron chi connectivity index (χ1n) is 19.0. The Bertz CT molecular complexity index is 2290. The van der Waals surface area contributed by atoms with Crippen LogP contribution in [0.1, 0.15) is 43.4 Å². The van der Waals surface area contributed by atoms with Gasteiger partial charge in [-0.05, 0) is 51.0 Å². The molecule has 1 saturated heterocycles. The number of amides is 1. The van der Waals surface area contributed by atoms with Crippen LogP contribution in [-0.2, 0) is 38.1 Å². The molecule has 12 nitrogen and oxygen atoms in total. The smallest absolute Gasteiger partial charge is 0.410 e. The molecule has 3 aromatic heterocycles. The zero-order valence-corrected chi connectivity index (χ0v) is 32.2. The lowest BCUT2D eigenvalue weighted by Gasteiger charge is -2.38. The van der Waals surface area contributed by atoms with E-state index in [1.165, 1.54) is 0 Å². The Kier molecular flexibility index (Phi) is 9.81. The summed E-state index contributed by atoms with van der Waals surface area (Å²) in [6.45, 7) is 13.5. The van der Waals surface area contributed by atoms with Gasteiger partial charge in [-0.1, -0.05) is 72.8 Å². The van der Waals surface area contributed by atoms with Crippen LogP contribution in [-0.4, -0.2) is 73.6 Å². The summed E-state index contributed by atoms with van der Waals surface area (Å²) < 4.78 is 22.4. The normalized spacial score (nSPS) is 14.6. The Morgan fingerprint density at radius 3 is 2.11 bits per heavy atom. The molecule has 1 amide bonds. The molecule has 0 atom stereocenters. The second kappa shape index (κ2) is 15.0. The van der Waals surface area contributed by atoms with Crippen molar-refractivity contribution in [2.24, 2.45) is 7.05 Å². The predicted octanol–water partition coefficient (Wildman–Crippen LogP) is 7.38. The highest BCUT2D eigenvalue weighted by Crippen LogP contribution is 2.39. The largest absolute Gasteiger partial charge is 0.473 e. The molecule has 5 heterocycles. The molecular formula is C43H48N8O4. The third-order valence-electron chi connectivity index (χ3n) is 10.1. The summed E-state index contributed by atoms with van der Waals surface area (Å²) in [5.74, 6) is 2.89. The van der Waals surface area contributed by atoms with Gasteiger partial charge in [0.15, 0.2) is 5.82 Å². The fourth-order valence-electron chi connectivity index (χ4n) is 7.44. The van der Waals surface area contributed by atoms with Crippen LogP contribution < -0.4 is 19.3 Å². The van der Waals surface area contributed by atoms with Gasteiger partial charge in [-0.15, -0.1) is 0 Å². The molecule has 0 bridgehead atoms. The van der Waals surface area contributed by atoms with Gasteiger partial charge in [0.1, 0.15) is 30.3 Å². The number of anilines is 2. The zero-order chi connectivity index (χ0) is 38.1. The first kappa shape index (κ1) is 36.0. The number of carbonyl (C=O) groups is 1. The van der Waals surface area contributed by atoms with Crippen LogP contribution >= 0.6 is 0 Å². The SMILES string of the molecule is Cc1nc(N2CCN(c3cccc4c(-c5ccc(OCc6ccccc6)nc5OCc5ccccc5)nn(C)c34)CC2)c2n1CCN(C(=O)OC(C)(C)C)C2. The molecule has 0 spiro atoms. The summed E-state index contributed by atoms with van der Waals surface area (Å²) in [6, 6.07) is 30.4. The first-order chi connectivity index (χ1) is 26.6. The zero-order valence-electron chi connectivity index (χ0n) is 32.2. The molecule has 2 aliphatic rings. The fourth-order valence-corrected chi connectivity index (χ4v) is 7.44. The van der Waals surface area contributed by atoms with Crippen molar-refractivity contribution in [1.82, 2.24) is 29.2 Å². The minimum Gasteiger partial charge on any atom is -0.473 e. The van der Waals surface area contributed by atoms with Gasteiger partial charge in [0, 0.05) is 57.8 Å². The number of para-hydroxylation sites is 1. The topological polar surface area (TPSA) is 103 Å². The number of carbonyl (C=O) groups excluding carboxylic acids is 1. The van der Waals surface area contributed by atoms with Crippen LogP contribution in [0, 0.1) is 6.92 Å². The Labute approximate surface area is 321 Å². The number of fused-ring (bicyclic) bond motifs is 2. The summed E-state index contributed by atoms with van der Waals surface area (Å²) in [5.41, 5.74) is 6.41. The van der Waals surface area contributed by atoms with E-state index >= 15 is 0 Å². The van der Waals surface area contributed by atoms with E-state index < -0.39 is 5.60 Å². The minimum absolute atomic E-state index is 0.282. The van der Waals surface area contributed by atoms with E-state index in [1.807, 2.05) is 112 Å². The number of aromatic nitrogens is 5. The van der Waals surface area contributed by atoms with E-state index in [0.717, 1.165) is 82.5 Å². The number of pyridine rings is 1. The van der Waals surface area contributed by atoms with Gasteiger partial charge in [-0.2, -0.15) is 10.1 Å². The highest BCUT2D eigenvalue weighted by atomic mass is 16.6. The summed E-state index contributed by atoms with van der Waals surface area (Å²) >= 11 is 0. The summed E-state index contributed by atoms with van der Waals surface area (Å²) in [6.07, 6.45) is -0.282. The predicted molar refractivity (Wildman–Crippen MR) is 214 cm³/mol. The van der Waals surface area contributed by atoms with Gasteiger partial charge < -0.3 is 33.5 Å². The average Bonchev–Trinajstić information content (AvgIpc) is 3.72. The third kappa shape index (κ3) is 7.67. The van der Waals surface area contributed by atoms with Crippen molar-refractivity contribution in [3.63, 3.8) is 0 Å². The number of piperazine rings is 1. The molecule has 12 heteroatoms. The minimum atomic E-state index is -0.543. The molecule has 8 rings (SSSR count). The molecule has 0 aliphatic carbocycles. The van der Waals surface area contributed by atoms with Crippen molar-refractivity contribution in [2.45, 2.75) is 59.6 Å². The second-order valence-electron chi connectivity index (χ2n) is 15.2. The van der Waals surface area contributed by atoms with E-state index in [9.17, 15) is 4.79 Å². The number of ether oxygens (including phenoxy) is 3. The van der Waals surface area contributed by atoms with Gasteiger partial charge >= 0.3 is 6.09 Å². The molecule has 2 aliphatic heterocycles. The Balaban J connectivity index is 1.03. The Morgan fingerprint density at radius 1 is 0.745 bits per heavy atom. The molecule has 0 radical (unpaired) electrons. The second-order valence-corrected chi connectivity index (χ2v) is 15.2. The lowest BCUT2D eigenvalue weighted by atomic mass is 10.1. The summed E-state index contributed by atoms with van der Waals surface area (Å²) in [5, 5.41) is 6.10. The van der Waals surface area contributed by atoms with Crippen molar-refractivity contribution in [2.75, 3.05) is 42.5 Å². The molecule has 3 aromatic carbocycles. The maximum atomic E-state index is 13.0. The van der Waals surface area contributed by atoms with Crippen LogP contribution in [0.5, 0.6) is 11.8 Å². The number of hydrogen-bond acceptors (Lipinski definition) is 9. The van der Waals surface area contributed by atoms with Crippen molar-refractivity contribution >= 4 is 28.5 Å². The van der Waals surface area contributed by atoms with Crippen molar-refractivity contribution in [3.8, 4) is 23.0 Å².